The molecule has 0 aromatic heterocycles. The van der Waals surface area contributed by atoms with Gasteiger partial charge < -0.3 is 14.6 Å². The average molecular weight is 454 g/mol. The van der Waals surface area contributed by atoms with Crippen LogP contribution < -0.4 is 9.47 Å². The predicted octanol–water partition coefficient (Wildman–Crippen LogP) is 3.17. The average Bonchev–Trinajstić information content (AvgIpc) is 3.08. The molecule has 1 saturated heterocycles. The first-order chi connectivity index (χ1) is 14.3. The summed E-state index contributed by atoms with van der Waals surface area (Å²) in [5, 5.41) is 11.2. The number of aliphatic hydroxyl groups is 1. The molecule has 2 unspecified atom stereocenters. The zero-order valence-electron chi connectivity index (χ0n) is 17.0. The van der Waals surface area contributed by atoms with E-state index in [1.165, 1.54) is 0 Å². The Kier molecular flexibility index (Phi) is 7.99. The summed E-state index contributed by atoms with van der Waals surface area (Å²) in [5.41, 5.74) is 1.04. The van der Waals surface area contributed by atoms with Gasteiger partial charge >= 0.3 is 0 Å². The molecule has 1 N–H and O–H groups in total. The van der Waals surface area contributed by atoms with E-state index in [1.807, 2.05) is 36.1 Å². The zero-order chi connectivity index (χ0) is 21.6. The lowest BCUT2D eigenvalue weighted by atomic mass is 10.1. The van der Waals surface area contributed by atoms with Crippen LogP contribution in [0.4, 0.5) is 0 Å². The van der Waals surface area contributed by atoms with E-state index >= 15 is 0 Å². The minimum Gasteiger partial charge on any atom is -0.494 e. The molecular weight excluding hydrogens is 426 g/mol. The highest BCUT2D eigenvalue weighted by atomic mass is 35.5. The fraction of sp³-hybridized carbons (Fsp3) is 0.455. The molecule has 2 aromatic carbocycles. The second-order valence-electron chi connectivity index (χ2n) is 7.48. The van der Waals surface area contributed by atoms with Crippen LogP contribution in [0.1, 0.15) is 18.9 Å². The Morgan fingerprint density at radius 2 is 1.73 bits per heavy atom. The van der Waals surface area contributed by atoms with Crippen molar-refractivity contribution in [2.75, 3.05) is 31.3 Å². The predicted molar refractivity (Wildman–Crippen MR) is 118 cm³/mol. The van der Waals surface area contributed by atoms with Crippen molar-refractivity contribution in [3.63, 3.8) is 0 Å². The number of aliphatic hydroxyl groups excluding tert-OH is 1. The Morgan fingerprint density at radius 3 is 2.33 bits per heavy atom. The molecule has 164 valence electrons. The van der Waals surface area contributed by atoms with Gasteiger partial charge in [-0.2, -0.15) is 0 Å². The summed E-state index contributed by atoms with van der Waals surface area (Å²) in [6.45, 7) is 3.52. The van der Waals surface area contributed by atoms with Crippen LogP contribution in [0, 0.1) is 0 Å². The molecule has 1 heterocycles. The minimum absolute atomic E-state index is 0.112. The molecule has 6 nitrogen and oxygen atoms in total. The summed E-state index contributed by atoms with van der Waals surface area (Å²) in [6.07, 6.45) is -0.184. The molecule has 1 fully saturated rings. The van der Waals surface area contributed by atoms with Crippen LogP contribution in [0.5, 0.6) is 11.5 Å². The number of benzene rings is 2. The van der Waals surface area contributed by atoms with E-state index in [4.69, 9.17) is 21.1 Å². The summed E-state index contributed by atoms with van der Waals surface area (Å²) in [6, 6.07) is 14.6. The standard InChI is InChI=1S/C22H28ClNO5S/c1-2-28-21-7-3-17(4-8-21)13-24(19-11-12-30(26,27)16-19)14-20(25)15-29-22-9-5-18(23)6-10-22/h3-10,19-20,25H,2,11-16H2,1H3. The number of rotatable bonds is 10. The number of sulfone groups is 1. The smallest absolute Gasteiger partial charge is 0.151 e. The van der Waals surface area contributed by atoms with Crippen molar-refractivity contribution < 1.29 is 23.0 Å². The van der Waals surface area contributed by atoms with Gasteiger partial charge in [0, 0.05) is 24.2 Å². The van der Waals surface area contributed by atoms with Gasteiger partial charge in [-0.1, -0.05) is 23.7 Å². The van der Waals surface area contributed by atoms with E-state index in [1.54, 1.807) is 24.3 Å². The second kappa shape index (κ2) is 10.5. The van der Waals surface area contributed by atoms with Crippen LogP contribution in [0.15, 0.2) is 48.5 Å². The van der Waals surface area contributed by atoms with E-state index in [9.17, 15) is 13.5 Å². The van der Waals surface area contributed by atoms with Gasteiger partial charge in [0.15, 0.2) is 9.84 Å². The maximum atomic E-state index is 12.0. The molecular formula is C22H28ClNO5S. The van der Waals surface area contributed by atoms with Crippen molar-refractivity contribution in [2.24, 2.45) is 0 Å². The van der Waals surface area contributed by atoms with Crippen molar-refractivity contribution in [1.29, 1.82) is 0 Å². The van der Waals surface area contributed by atoms with Gasteiger partial charge in [-0.05, 0) is 55.3 Å². The summed E-state index contributed by atoms with van der Waals surface area (Å²) in [7, 11) is -3.03. The molecule has 0 aliphatic carbocycles. The van der Waals surface area contributed by atoms with Gasteiger partial charge in [0.05, 0.1) is 18.1 Å². The maximum Gasteiger partial charge on any atom is 0.151 e. The van der Waals surface area contributed by atoms with E-state index < -0.39 is 15.9 Å². The molecule has 2 aromatic rings. The molecule has 1 aliphatic heterocycles. The summed E-state index contributed by atoms with van der Waals surface area (Å²) >= 11 is 5.87. The van der Waals surface area contributed by atoms with Crippen LogP contribution >= 0.6 is 11.6 Å². The molecule has 3 rings (SSSR count). The van der Waals surface area contributed by atoms with Crippen molar-refractivity contribution in [3.8, 4) is 11.5 Å². The Balaban J connectivity index is 1.63. The number of nitrogens with zero attached hydrogens (tertiary/aromatic N) is 1. The third-order valence-corrected chi connectivity index (χ3v) is 7.05. The third-order valence-electron chi connectivity index (χ3n) is 5.05. The fourth-order valence-corrected chi connectivity index (χ4v) is 5.43. The number of hydrogen-bond acceptors (Lipinski definition) is 6. The molecule has 8 heteroatoms. The quantitative estimate of drug-likeness (QED) is 0.595. The first-order valence-corrected chi connectivity index (χ1v) is 12.3. The van der Waals surface area contributed by atoms with Crippen molar-refractivity contribution in [2.45, 2.75) is 32.0 Å². The van der Waals surface area contributed by atoms with Crippen LogP contribution in [-0.2, 0) is 16.4 Å². The Morgan fingerprint density at radius 1 is 1.10 bits per heavy atom. The lowest BCUT2D eigenvalue weighted by molar-refractivity contribution is 0.0524. The molecule has 0 saturated carbocycles. The second-order valence-corrected chi connectivity index (χ2v) is 10.1. The highest BCUT2D eigenvalue weighted by molar-refractivity contribution is 7.91. The lowest BCUT2D eigenvalue weighted by Gasteiger charge is -2.30. The summed E-state index contributed by atoms with van der Waals surface area (Å²) in [5.74, 6) is 1.73. The number of halogens is 1. The van der Waals surface area contributed by atoms with E-state index in [0.29, 0.717) is 36.9 Å². The van der Waals surface area contributed by atoms with E-state index in [-0.39, 0.29) is 24.2 Å². The van der Waals surface area contributed by atoms with Gasteiger partial charge in [-0.15, -0.1) is 0 Å². The van der Waals surface area contributed by atoms with Gasteiger partial charge in [0.1, 0.15) is 24.2 Å². The highest BCUT2D eigenvalue weighted by Gasteiger charge is 2.33. The van der Waals surface area contributed by atoms with Gasteiger partial charge in [-0.25, -0.2) is 8.42 Å². The monoisotopic (exact) mass is 453 g/mol. The molecule has 0 spiro atoms. The number of ether oxygens (including phenoxy) is 2. The van der Waals surface area contributed by atoms with Crippen molar-refractivity contribution >= 4 is 21.4 Å². The van der Waals surface area contributed by atoms with Gasteiger partial charge in [0.25, 0.3) is 0 Å². The van der Waals surface area contributed by atoms with Crippen LogP contribution in [-0.4, -0.2) is 61.8 Å². The third kappa shape index (κ3) is 6.87. The Hall–Kier alpha value is -1.80. The normalized spacial score (nSPS) is 19.0. The van der Waals surface area contributed by atoms with Crippen LogP contribution in [0.2, 0.25) is 5.02 Å². The summed E-state index contributed by atoms with van der Waals surface area (Å²) in [4.78, 5) is 2.04. The van der Waals surface area contributed by atoms with Crippen LogP contribution in [0.25, 0.3) is 0 Å². The molecule has 30 heavy (non-hydrogen) atoms. The molecule has 0 bridgehead atoms. The van der Waals surface area contributed by atoms with Gasteiger partial charge in [0.2, 0.25) is 0 Å². The molecule has 0 radical (unpaired) electrons. The number of hydrogen-bond donors (Lipinski definition) is 1. The van der Waals surface area contributed by atoms with Crippen molar-refractivity contribution in [1.82, 2.24) is 4.90 Å². The fourth-order valence-electron chi connectivity index (χ4n) is 3.54. The molecule has 2 atom stereocenters. The largest absolute Gasteiger partial charge is 0.494 e. The molecule has 1 aliphatic rings. The van der Waals surface area contributed by atoms with E-state index in [2.05, 4.69) is 0 Å². The minimum atomic E-state index is -3.03. The summed E-state index contributed by atoms with van der Waals surface area (Å²) < 4.78 is 35.1. The first kappa shape index (κ1) is 22.9. The van der Waals surface area contributed by atoms with Crippen molar-refractivity contribution in [3.05, 3.63) is 59.1 Å². The SMILES string of the molecule is CCOc1ccc(CN(CC(O)COc2ccc(Cl)cc2)C2CCS(=O)(=O)C2)cc1. The highest BCUT2D eigenvalue weighted by Crippen LogP contribution is 2.22. The lowest BCUT2D eigenvalue weighted by Crippen LogP contribution is -2.42. The van der Waals surface area contributed by atoms with Crippen LogP contribution in [0.3, 0.4) is 0 Å². The Labute approximate surface area is 183 Å². The zero-order valence-corrected chi connectivity index (χ0v) is 18.6. The maximum absolute atomic E-state index is 12.0. The Bertz CT molecular complexity index is 902. The molecule has 0 amide bonds. The van der Waals surface area contributed by atoms with E-state index in [0.717, 1.165) is 11.3 Å². The topological polar surface area (TPSA) is 76.1 Å². The first-order valence-electron chi connectivity index (χ1n) is 10.1. The van der Waals surface area contributed by atoms with Gasteiger partial charge in [-0.3, -0.25) is 4.90 Å².